The summed E-state index contributed by atoms with van der Waals surface area (Å²) in [6.45, 7) is 1.03. The summed E-state index contributed by atoms with van der Waals surface area (Å²) < 4.78 is 64.7. The maximum absolute atomic E-state index is 14.9. The molecule has 0 saturated heterocycles. The van der Waals surface area contributed by atoms with Gasteiger partial charge in [0.2, 0.25) is 0 Å². The maximum atomic E-state index is 14.9. The van der Waals surface area contributed by atoms with Crippen molar-refractivity contribution in [2.24, 2.45) is 11.8 Å². The Morgan fingerprint density at radius 2 is 2.00 bits per heavy atom. The summed E-state index contributed by atoms with van der Waals surface area (Å²) in [6.07, 6.45) is -0.324. The van der Waals surface area contributed by atoms with Crippen LogP contribution in [-0.4, -0.2) is 43.0 Å². The van der Waals surface area contributed by atoms with Gasteiger partial charge in [-0.1, -0.05) is 6.92 Å². The molecule has 0 amide bonds. The highest BCUT2D eigenvalue weighted by Gasteiger charge is 2.61. The van der Waals surface area contributed by atoms with Crippen molar-refractivity contribution < 1.29 is 31.8 Å². The summed E-state index contributed by atoms with van der Waals surface area (Å²) in [5.41, 5.74) is -3.70. The van der Waals surface area contributed by atoms with Crippen LogP contribution in [0.25, 0.3) is 0 Å². The van der Waals surface area contributed by atoms with E-state index in [4.69, 9.17) is 9.47 Å². The van der Waals surface area contributed by atoms with E-state index in [-0.39, 0.29) is 24.7 Å². The molecule has 5 unspecified atom stereocenters. The fourth-order valence-electron chi connectivity index (χ4n) is 4.25. The molecule has 2 aliphatic rings. The Labute approximate surface area is 127 Å². The number of halogens is 4. The van der Waals surface area contributed by atoms with Crippen molar-refractivity contribution in [2.45, 2.75) is 62.8 Å². The van der Waals surface area contributed by atoms with Gasteiger partial charge in [0, 0.05) is 20.5 Å². The largest absolute Gasteiger partial charge is 0.455 e. The lowest BCUT2D eigenvalue weighted by Crippen LogP contribution is -2.62. The van der Waals surface area contributed by atoms with Crippen molar-refractivity contribution in [1.82, 2.24) is 0 Å². The van der Waals surface area contributed by atoms with Gasteiger partial charge in [0.05, 0.1) is 6.10 Å². The van der Waals surface area contributed by atoms with Gasteiger partial charge in [0.25, 0.3) is 0 Å². The third-order valence-electron chi connectivity index (χ3n) is 4.76. The quantitative estimate of drug-likeness (QED) is 0.586. The second-order valence-corrected chi connectivity index (χ2v) is 6.97. The van der Waals surface area contributed by atoms with E-state index in [0.717, 1.165) is 0 Å². The molecule has 0 aliphatic heterocycles. The van der Waals surface area contributed by atoms with Crippen LogP contribution in [0.4, 0.5) is 17.6 Å². The van der Waals surface area contributed by atoms with E-state index in [1.165, 1.54) is 7.11 Å². The summed E-state index contributed by atoms with van der Waals surface area (Å²) in [4.78, 5) is 11.6. The first-order valence-corrected chi connectivity index (χ1v) is 7.44. The minimum Gasteiger partial charge on any atom is -0.455 e. The summed E-state index contributed by atoms with van der Waals surface area (Å²) in [6, 6.07) is 0. The van der Waals surface area contributed by atoms with Gasteiger partial charge in [-0.2, -0.15) is 8.78 Å². The molecule has 0 heterocycles. The van der Waals surface area contributed by atoms with Gasteiger partial charge in [-0.15, -0.1) is 0 Å². The molecule has 5 atom stereocenters. The molecule has 0 N–H and O–H groups in total. The number of carbonyl (C=O) groups is 1. The maximum Gasteiger partial charge on any atom is 0.377 e. The van der Waals surface area contributed by atoms with Crippen molar-refractivity contribution in [2.75, 3.05) is 13.8 Å². The van der Waals surface area contributed by atoms with Crippen molar-refractivity contribution >= 4 is 5.97 Å². The molecule has 2 bridgehead atoms. The average Bonchev–Trinajstić information content (AvgIpc) is 2.36. The first-order valence-electron chi connectivity index (χ1n) is 7.44. The standard InChI is InChI=1S/C15H22F4O3/c1-9-4-10-6-14(5-9,22-12(20)13(2,17)18)7-15(19,8-16)11(10)21-3/h9-11H,4-8H2,1-3H3. The number of esters is 1. The minimum atomic E-state index is -3.66. The zero-order valence-electron chi connectivity index (χ0n) is 13.0. The highest BCUT2D eigenvalue weighted by Crippen LogP contribution is 2.53. The van der Waals surface area contributed by atoms with Gasteiger partial charge in [-0.25, -0.2) is 13.6 Å². The molecule has 22 heavy (non-hydrogen) atoms. The van der Waals surface area contributed by atoms with Gasteiger partial charge < -0.3 is 9.47 Å². The zero-order chi connectivity index (χ0) is 16.8. The van der Waals surface area contributed by atoms with E-state index in [1.807, 2.05) is 6.92 Å². The van der Waals surface area contributed by atoms with E-state index in [2.05, 4.69) is 0 Å². The second-order valence-electron chi connectivity index (χ2n) is 6.97. The summed E-state index contributed by atoms with van der Waals surface area (Å²) in [7, 11) is 1.31. The van der Waals surface area contributed by atoms with Gasteiger partial charge in [0.15, 0.2) is 5.67 Å². The summed E-state index contributed by atoms with van der Waals surface area (Å²) in [5, 5.41) is 0. The number of ether oxygens (including phenoxy) is 2. The van der Waals surface area contributed by atoms with Crippen molar-refractivity contribution in [3.63, 3.8) is 0 Å². The molecule has 2 saturated carbocycles. The minimum absolute atomic E-state index is 0.0545. The van der Waals surface area contributed by atoms with Crippen LogP contribution in [-0.2, 0) is 14.3 Å². The van der Waals surface area contributed by atoms with E-state index < -0.39 is 42.4 Å². The Morgan fingerprint density at radius 1 is 1.36 bits per heavy atom. The molecule has 3 nitrogen and oxygen atoms in total. The van der Waals surface area contributed by atoms with Crippen molar-refractivity contribution in [3.8, 4) is 0 Å². The Kier molecular flexibility index (Phi) is 4.50. The van der Waals surface area contributed by atoms with Gasteiger partial charge in [-0.3, -0.25) is 0 Å². The van der Waals surface area contributed by atoms with E-state index in [1.54, 1.807) is 0 Å². The number of methoxy groups -OCH3 is 1. The van der Waals surface area contributed by atoms with Gasteiger partial charge >= 0.3 is 11.9 Å². The number of carbonyl (C=O) groups excluding carboxylic acids is 1. The molecule has 0 aromatic rings. The lowest BCUT2D eigenvalue weighted by molar-refractivity contribution is -0.226. The predicted octanol–water partition coefficient (Wildman–Crippen LogP) is 3.46. The number of hydrogen-bond donors (Lipinski definition) is 0. The summed E-state index contributed by atoms with van der Waals surface area (Å²) >= 11 is 0. The van der Waals surface area contributed by atoms with E-state index in [0.29, 0.717) is 13.3 Å². The van der Waals surface area contributed by atoms with Crippen molar-refractivity contribution in [1.29, 1.82) is 0 Å². The Morgan fingerprint density at radius 3 is 2.50 bits per heavy atom. The third kappa shape index (κ3) is 3.09. The highest BCUT2D eigenvalue weighted by molar-refractivity contribution is 5.77. The molecule has 7 heteroatoms. The van der Waals surface area contributed by atoms with Gasteiger partial charge in [0.1, 0.15) is 12.3 Å². The fourth-order valence-corrected chi connectivity index (χ4v) is 4.25. The topological polar surface area (TPSA) is 35.5 Å². The average molecular weight is 326 g/mol. The molecule has 2 rings (SSSR count). The number of hydrogen-bond acceptors (Lipinski definition) is 3. The molecule has 0 radical (unpaired) electrons. The van der Waals surface area contributed by atoms with Crippen LogP contribution in [0, 0.1) is 11.8 Å². The number of alkyl halides is 4. The van der Waals surface area contributed by atoms with Crippen LogP contribution in [0.15, 0.2) is 0 Å². The lowest BCUT2D eigenvalue weighted by atomic mass is 9.60. The smallest absolute Gasteiger partial charge is 0.377 e. The Bertz CT molecular complexity index is 439. The SMILES string of the molecule is COC1C2CC(C)CC(OC(=O)C(C)(F)F)(C2)CC1(F)CF. The van der Waals surface area contributed by atoms with Gasteiger partial charge in [-0.05, 0) is 31.1 Å². The normalized spacial score (nSPS) is 42.0. The molecule has 0 aromatic carbocycles. The first kappa shape index (κ1) is 17.5. The number of rotatable bonds is 4. The van der Waals surface area contributed by atoms with Crippen LogP contribution in [0.3, 0.4) is 0 Å². The highest BCUT2D eigenvalue weighted by atomic mass is 19.3. The first-order chi connectivity index (χ1) is 10.1. The van der Waals surface area contributed by atoms with E-state index >= 15 is 0 Å². The van der Waals surface area contributed by atoms with Crippen LogP contribution in [0.5, 0.6) is 0 Å². The van der Waals surface area contributed by atoms with Crippen LogP contribution >= 0.6 is 0 Å². The van der Waals surface area contributed by atoms with Crippen LogP contribution in [0.1, 0.15) is 39.5 Å². The van der Waals surface area contributed by atoms with Crippen LogP contribution < -0.4 is 0 Å². The second kappa shape index (κ2) is 5.65. The molecule has 0 spiro atoms. The molecular formula is C15H22F4O3. The molecule has 0 aromatic heterocycles. The van der Waals surface area contributed by atoms with Crippen molar-refractivity contribution in [3.05, 3.63) is 0 Å². The predicted molar refractivity (Wildman–Crippen MR) is 71.2 cm³/mol. The number of fused-ring (bicyclic) bond motifs is 2. The molecule has 128 valence electrons. The molecular weight excluding hydrogens is 304 g/mol. The van der Waals surface area contributed by atoms with E-state index in [9.17, 15) is 22.4 Å². The fraction of sp³-hybridized carbons (Fsp3) is 0.933. The monoisotopic (exact) mass is 326 g/mol. The summed E-state index contributed by atoms with van der Waals surface area (Å²) in [5.74, 6) is -5.64. The Balaban J connectivity index is 2.31. The zero-order valence-corrected chi connectivity index (χ0v) is 13.0. The lowest BCUT2D eigenvalue weighted by Gasteiger charge is -2.54. The molecule has 2 aliphatic carbocycles. The molecule has 2 fully saturated rings. The third-order valence-corrected chi connectivity index (χ3v) is 4.76. The van der Waals surface area contributed by atoms with Crippen LogP contribution in [0.2, 0.25) is 0 Å². The Hall–Kier alpha value is -0.850.